The third kappa shape index (κ3) is 6.79. The summed E-state index contributed by atoms with van der Waals surface area (Å²) in [4.78, 5) is 0. The van der Waals surface area contributed by atoms with Gasteiger partial charge in [-0.05, 0) is 5.04 Å². The van der Waals surface area contributed by atoms with Crippen LogP contribution in [-0.4, -0.2) is 36.9 Å². The third-order valence-electron chi connectivity index (χ3n) is 1.27. The summed E-state index contributed by atoms with van der Waals surface area (Å²) >= 11 is 0. The van der Waals surface area contributed by atoms with Gasteiger partial charge in [-0.1, -0.05) is 20.8 Å². The van der Waals surface area contributed by atoms with Gasteiger partial charge < -0.3 is 13.9 Å². The minimum atomic E-state index is -0.534. The molecule has 74 valence electrons. The second kappa shape index (κ2) is 5.69. The summed E-state index contributed by atoms with van der Waals surface area (Å²) in [7, 11) is 2.75. The van der Waals surface area contributed by atoms with E-state index < -0.39 is 9.76 Å². The van der Waals surface area contributed by atoms with E-state index in [1.165, 1.54) is 0 Å². The molecular formula is C8H20O3Si. The number of hydrogen-bond acceptors (Lipinski definition) is 3. The lowest BCUT2D eigenvalue weighted by Gasteiger charge is -2.22. The molecule has 0 aliphatic carbocycles. The molecule has 0 spiro atoms. The van der Waals surface area contributed by atoms with Gasteiger partial charge in [0.15, 0.2) is 16.1 Å². The highest BCUT2D eigenvalue weighted by Gasteiger charge is 2.15. The zero-order valence-electron chi connectivity index (χ0n) is 8.72. The van der Waals surface area contributed by atoms with Gasteiger partial charge in [-0.25, -0.2) is 0 Å². The molecule has 0 aromatic rings. The van der Waals surface area contributed by atoms with Crippen molar-refractivity contribution >= 4 is 9.76 Å². The quantitative estimate of drug-likeness (QED) is 0.479. The van der Waals surface area contributed by atoms with Crippen molar-refractivity contribution in [2.45, 2.75) is 32.1 Å². The van der Waals surface area contributed by atoms with E-state index in [4.69, 9.17) is 13.9 Å². The molecule has 3 nitrogen and oxygen atoms in total. The van der Waals surface area contributed by atoms with E-state index in [1.807, 2.05) is 0 Å². The van der Waals surface area contributed by atoms with E-state index in [2.05, 4.69) is 20.8 Å². The average molecular weight is 192 g/mol. The van der Waals surface area contributed by atoms with Crippen LogP contribution < -0.4 is 0 Å². The number of ether oxygens (including phenoxy) is 2. The topological polar surface area (TPSA) is 27.7 Å². The summed E-state index contributed by atoms with van der Waals surface area (Å²) in [5.74, 6) is 0. The van der Waals surface area contributed by atoms with Gasteiger partial charge in [0.05, 0.1) is 6.61 Å². The molecule has 0 amide bonds. The summed E-state index contributed by atoms with van der Waals surface area (Å²) in [6.07, 6.45) is -0.180. The minimum Gasteiger partial charge on any atom is -0.397 e. The second-order valence-electron chi connectivity index (χ2n) is 3.99. The zero-order chi connectivity index (χ0) is 9.61. The molecule has 0 fully saturated rings. The average Bonchev–Trinajstić information content (AvgIpc) is 1.96. The van der Waals surface area contributed by atoms with Crippen LogP contribution in [0.3, 0.4) is 0 Å². The fourth-order valence-electron chi connectivity index (χ4n) is 0.663. The first-order chi connectivity index (χ1) is 5.49. The van der Waals surface area contributed by atoms with Crippen molar-refractivity contribution in [2.75, 3.05) is 20.8 Å². The summed E-state index contributed by atoms with van der Waals surface area (Å²) in [5.41, 5.74) is 0. The van der Waals surface area contributed by atoms with Crippen molar-refractivity contribution in [3.63, 3.8) is 0 Å². The smallest absolute Gasteiger partial charge is 0.170 e. The fourth-order valence-corrected chi connectivity index (χ4v) is 1.58. The third-order valence-corrected chi connectivity index (χ3v) is 2.67. The zero-order valence-corrected chi connectivity index (χ0v) is 10.1. The molecule has 0 aliphatic heterocycles. The Hall–Kier alpha value is 0.0969. The van der Waals surface area contributed by atoms with Crippen LogP contribution in [0.15, 0.2) is 0 Å². The number of methoxy groups -OCH3 is 2. The van der Waals surface area contributed by atoms with Gasteiger partial charge in [0, 0.05) is 14.2 Å². The molecule has 1 atom stereocenters. The molecule has 0 rings (SSSR count). The van der Waals surface area contributed by atoms with E-state index >= 15 is 0 Å². The van der Waals surface area contributed by atoms with Crippen LogP contribution in [0.2, 0.25) is 5.04 Å². The van der Waals surface area contributed by atoms with Gasteiger partial charge in [-0.15, -0.1) is 0 Å². The first-order valence-electron chi connectivity index (χ1n) is 4.13. The molecule has 12 heavy (non-hydrogen) atoms. The summed E-state index contributed by atoms with van der Waals surface area (Å²) < 4.78 is 15.6. The fraction of sp³-hybridized carbons (Fsp3) is 1.00. The molecule has 0 saturated carbocycles. The Labute approximate surface area is 77.3 Å². The molecule has 0 saturated heterocycles. The van der Waals surface area contributed by atoms with Crippen LogP contribution in [0.4, 0.5) is 0 Å². The molecule has 0 heterocycles. The Balaban J connectivity index is 3.58. The van der Waals surface area contributed by atoms with Crippen molar-refractivity contribution in [1.82, 2.24) is 0 Å². The minimum absolute atomic E-state index is 0.180. The standard InChI is InChI=1S/C8H20O3Si/c1-8(2,3)12-11-7(10-5)6-9-4/h7H,6,12H2,1-5H3. The van der Waals surface area contributed by atoms with E-state index in [0.29, 0.717) is 11.6 Å². The van der Waals surface area contributed by atoms with E-state index in [1.54, 1.807) is 14.2 Å². The van der Waals surface area contributed by atoms with Crippen LogP contribution in [0.1, 0.15) is 20.8 Å². The van der Waals surface area contributed by atoms with Gasteiger partial charge in [-0.2, -0.15) is 0 Å². The molecule has 0 aliphatic rings. The molecule has 1 unspecified atom stereocenters. The normalized spacial score (nSPS) is 15.8. The maximum absolute atomic E-state index is 5.59. The molecule has 0 N–H and O–H groups in total. The highest BCUT2D eigenvalue weighted by molar-refractivity contribution is 6.31. The molecule has 0 radical (unpaired) electrons. The van der Waals surface area contributed by atoms with Crippen molar-refractivity contribution in [3.05, 3.63) is 0 Å². The van der Waals surface area contributed by atoms with Crippen molar-refractivity contribution in [1.29, 1.82) is 0 Å². The van der Waals surface area contributed by atoms with Crippen LogP contribution in [0.25, 0.3) is 0 Å². The van der Waals surface area contributed by atoms with E-state index in [9.17, 15) is 0 Å². The summed E-state index contributed by atoms with van der Waals surface area (Å²) in [6.45, 7) is 7.05. The van der Waals surface area contributed by atoms with Crippen LogP contribution in [0, 0.1) is 0 Å². The lowest BCUT2D eigenvalue weighted by atomic mass is 10.3. The predicted octanol–water partition coefficient (Wildman–Crippen LogP) is 0.924. The maximum atomic E-state index is 5.59. The molecule has 0 bridgehead atoms. The Morgan fingerprint density at radius 2 is 1.83 bits per heavy atom. The molecule has 0 aromatic carbocycles. The Kier molecular flexibility index (Phi) is 5.74. The highest BCUT2D eigenvalue weighted by Crippen LogP contribution is 2.20. The summed E-state index contributed by atoms with van der Waals surface area (Å²) in [5, 5.41) is 0.310. The molecule has 0 aromatic heterocycles. The Bertz CT molecular complexity index is 111. The number of hydrogen-bond donors (Lipinski definition) is 0. The van der Waals surface area contributed by atoms with Gasteiger partial charge >= 0.3 is 0 Å². The monoisotopic (exact) mass is 192 g/mol. The van der Waals surface area contributed by atoms with Gasteiger partial charge in [0.2, 0.25) is 0 Å². The highest BCUT2D eigenvalue weighted by atomic mass is 28.2. The van der Waals surface area contributed by atoms with Crippen molar-refractivity contribution in [2.24, 2.45) is 0 Å². The molecular weight excluding hydrogens is 172 g/mol. The first kappa shape index (κ1) is 12.1. The lowest BCUT2D eigenvalue weighted by Crippen LogP contribution is -2.26. The van der Waals surface area contributed by atoms with Crippen molar-refractivity contribution in [3.8, 4) is 0 Å². The van der Waals surface area contributed by atoms with Crippen molar-refractivity contribution < 1.29 is 13.9 Å². The SMILES string of the molecule is COCC(OC)O[SiH2]C(C)(C)C. The van der Waals surface area contributed by atoms with Crippen LogP contribution >= 0.6 is 0 Å². The Morgan fingerprint density at radius 1 is 1.25 bits per heavy atom. The predicted molar refractivity (Wildman–Crippen MR) is 52.0 cm³/mol. The van der Waals surface area contributed by atoms with Gasteiger partial charge in [-0.3, -0.25) is 0 Å². The second-order valence-corrected chi connectivity index (χ2v) is 6.74. The largest absolute Gasteiger partial charge is 0.397 e. The maximum Gasteiger partial charge on any atom is 0.170 e. The van der Waals surface area contributed by atoms with E-state index in [-0.39, 0.29) is 6.29 Å². The van der Waals surface area contributed by atoms with Gasteiger partial charge in [0.1, 0.15) is 0 Å². The lowest BCUT2D eigenvalue weighted by molar-refractivity contribution is -0.0942. The summed E-state index contributed by atoms with van der Waals surface area (Å²) in [6, 6.07) is 0. The van der Waals surface area contributed by atoms with Crippen LogP contribution in [0.5, 0.6) is 0 Å². The van der Waals surface area contributed by atoms with Gasteiger partial charge in [0.25, 0.3) is 0 Å². The Morgan fingerprint density at radius 3 is 2.17 bits per heavy atom. The first-order valence-corrected chi connectivity index (χ1v) is 5.41. The van der Waals surface area contributed by atoms with Crippen LogP contribution in [-0.2, 0) is 13.9 Å². The van der Waals surface area contributed by atoms with E-state index in [0.717, 1.165) is 0 Å². The number of rotatable bonds is 5. The molecule has 4 heteroatoms.